The van der Waals surface area contributed by atoms with Crippen LogP contribution in [0, 0.1) is 23.4 Å². The Hall–Kier alpha value is -3.56. The third-order valence-corrected chi connectivity index (χ3v) is 7.81. The minimum atomic E-state index is -0.916. The molecule has 1 amide bonds. The number of aliphatic hydroxyl groups excluding tert-OH is 1. The Labute approximate surface area is 261 Å². The van der Waals surface area contributed by atoms with E-state index in [1.54, 1.807) is 38.3 Å². The molecule has 6 atom stereocenters. The first kappa shape index (κ1) is 36.6. The molecule has 0 radical (unpaired) electrons. The molecular formula is C33H48N4O7. The number of methoxy groups -OCH3 is 2. The summed E-state index contributed by atoms with van der Waals surface area (Å²) in [4.78, 5) is 42.1. The highest BCUT2D eigenvalue weighted by atomic mass is 16.5. The normalized spacial score (nSPS) is 30.8. The van der Waals surface area contributed by atoms with Crippen LogP contribution in [0.25, 0.3) is 0 Å². The van der Waals surface area contributed by atoms with E-state index in [-0.39, 0.29) is 46.6 Å². The molecule has 0 aromatic heterocycles. The number of rotatable bonds is 8. The summed E-state index contributed by atoms with van der Waals surface area (Å²) in [6.45, 7) is 8.45. The fourth-order valence-corrected chi connectivity index (χ4v) is 5.32. The van der Waals surface area contributed by atoms with Crippen LogP contribution < -0.4 is 10.6 Å². The highest BCUT2D eigenvalue weighted by Crippen LogP contribution is 2.28. The highest BCUT2D eigenvalue weighted by Gasteiger charge is 2.33. The Morgan fingerprint density at radius 3 is 2.48 bits per heavy atom. The zero-order valence-corrected chi connectivity index (χ0v) is 27.2. The van der Waals surface area contributed by atoms with Gasteiger partial charge in [-0.05, 0) is 65.2 Å². The summed E-state index contributed by atoms with van der Waals surface area (Å²) in [5.41, 5.74) is 1.39. The number of carbonyl (C=O) groups is 3. The van der Waals surface area contributed by atoms with Crippen molar-refractivity contribution in [1.29, 1.82) is 5.26 Å². The van der Waals surface area contributed by atoms with Gasteiger partial charge in [0.2, 0.25) is 11.6 Å². The number of allylic oxidation sites excluding steroid dienone is 4. The number of nitrogens with one attached hydrogen (secondary N) is 2. The van der Waals surface area contributed by atoms with Crippen LogP contribution in [-0.4, -0.2) is 93.3 Å². The number of hydrogen-bond donors (Lipinski definition) is 3. The maximum atomic E-state index is 13.7. The highest BCUT2D eigenvalue weighted by molar-refractivity contribution is 6.23. The van der Waals surface area contributed by atoms with Crippen LogP contribution >= 0.6 is 0 Å². The van der Waals surface area contributed by atoms with Crippen molar-refractivity contribution in [2.24, 2.45) is 11.8 Å². The number of carbonyl (C=O) groups excluding carboxylic acids is 3. The van der Waals surface area contributed by atoms with Gasteiger partial charge in [0, 0.05) is 43.9 Å². The number of hydrogen-bond acceptors (Lipinski definition) is 10. The second-order valence-electron chi connectivity index (χ2n) is 11.8. The van der Waals surface area contributed by atoms with E-state index < -0.39 is 36.1 Å². The van der Waals surface area contributed by atoms with Crippen LogP contribution in [-0.2, 0) is 28.6 Å². The Bertz CT molecular complexity index is 1240. The molecule has 1 aliphatic carbocycles. The van der Waals surface area contributed by atoms with Gasteiger partial charge in [0.15, 0.2) is 6.10 Å². The van der Waals surface area contributed by atoms with Gasteiger partial charge in [0.1, 0.15) is 6.10 Å². The molecule has 1 unspecified atom stereocenters. The van der Waals surface area contributed by atoms with E-state index in [1.807, 2.05) is 38.9 Å². The average molecular weight is 613 g/mol. The van der Waals surface area contributed by atoms with Crippen molar-refractivity contribution in [3.8, 4) is 6.26 Å². The molecule has 11 nitrogen and oxygen atoms in total. The van der Waals surface area contributed by atoms with Crippen LogP contribution in [0.1, 0.15) is 47.0 Å². The summed E-state index contributed by atoms with van der Waals surface area (Å²) < 4.78 is 16.6. The number of nitrogens with zero attached hydrogens (tertiary/aromatic N) is 2. The van der Waals surface area contributed by atoms with E-state index in [4.69, 9.17) is 14.2 Å². The Morgan fingerprint density at radius 1 is 1.16 bits per heavy atom. The van der Waals surface area contributed by atoms with E-state index in [1.165, 1.54) is 14.2 Å². The van der Waals surface area contributed by atoms with Crippen LogP contribution in [0.2, 0.25) is 0 Å². The van der Waals surface area contributed by atoms with Crippen molar-refractivity contribution in [3.63, 3.8) is 0 Å². The standard InChI is InChI=1S/C33H48N4O7/c1-20-15-24-29(35-13-10-14-37(5)6)26(38)18-25(31(24)40)36-33(41)21(2)11-9-12-27(42-7)32(44-19-34)23(4)17-22(3)30(39)28(16-20)43-8/h9,11-12,17-18,20,22,27-28,30,32,35,39H,10,13-16H2,1-8H3,(H,36,41)/b12-9-,21-11+,23-17+/t20-,22-,27+,28-,30+,32?/m1/s1. The maximum Gasteiger partial charge on any atom is 0.287 e. The van der Waals surface area contributed by atoms with Gasteiger partial charge in [-0.2, -0.15) is 5.26 Å². The summed E-state index contributed by atoms with van der Waals surface area (Å²) in [5.74, 6) is -1.92. The molecule has 2 bridgehead atoms. The first-order chi connectivity index (χ1) is 20.8. The maximum absolute atomic E-state index is 13.7. The number of fused-ring (bicyclic) bond motifs is 2. The Kier molecular flexibility index (Phi) is 14.7. The smallest absolute Gasteiger partial charge is 0.287 e. The molecule has 1 aliphatic heterocycles. The molecule has 0 aromatic rings. The van der Waals surface area contributed by atoms with Crippen molar-refractivity contribution in [2.45, 2.75) is 71.4 Å². The number of ether oxygens (including phenoxy) is 3. The van der Waals surface area contributed by atoms with Crippen LogP contribution in [0.4, 0.5) is 0 Å². The molecule has 0 spiro atoms. The lowest BCUT2D eigenvalue weighted by Gasteiger charge is -2.29. The minimum absolute atomic E-state index is 0.0929. The van der Waals surface area contributed by atoms with Gasteiger partial charge in [-0.25, -0.2) is 0 Å². The molecule has 44 heavy (non-hydrogen) atoms. The molecule has 0 saturated carbocycles. The van der Waals surface area contributed by atoms with Crippen LogP contribution in [0.5, 0.6) is 0 Å². The summed E-state index contributed by atoms with van der Waals surface area (Å²) >= 11 is 0. The fraction of sp³-hybridized carbons (Fsp3) is 0.576. The fourth-order valence-electron chi connectivity index (χ4n) is 5.32. The van der Waals surface area contributed by atoms with E-state index >= 15 is 0 Å². The van der Waals surface area contributed by atoms with Crippen molar-refractivity contribution >= 4 is 17.5 Å². The first-order valence-corrected chi connectivity index (χ1v) is 14.9. The molecule has 242 valence electrons. The van der Waals surface area contributed by atoms with E-state index in [9.17, 15) is 24.8 Å². The lowest BCUT2D eigenvalue weighted by Crippen LogP contribution is -2.37. The Balaban J connectivity index is 2.56. The van der Waals surface area contributed by atoms with E-state index in [0.717, 1.165) is 19.0 Å². The lowest BCUT2D eigenvalue weighted by atomic mass is 9.85. The second kappa shape index (κ2) is 17.7. The van der Waals surface area contributed by atoms with Gasteiger partial charge < -0.3 is 34.9 Å². The van der Waals surface area contributed by atoms with Crippen LogP contribution in [0.3, 0.4) is 0 Å². The van der Waals surface area contributed by atoms with Gasteiger partial charge in [0.25, 0.3) is 12.2 Å². The van der Waals surface area contributed by atoms with Crippen LogP contribution in [0.15, 0.2) is 58.5 Å². The molecular weight excluding hydrogens is 564 g/mol. The molecule has 0 saturated heterocycles. The molecule has 11 heteroatoms. The topological polar surface area (TPSA) is 150 Å². The van der Waals surface area contributed by atoms with Gasteiger partial charge in [-0.15, -0.1) is 0 Å². The summed E-state index contributed by atoms with van der Waals surface area (Å²) in [6, 6.07) is 0. The summed E-state index contributed by atoms with van der Waals surface area (Å²) in [6.07, 6.45) is 7.93. The first-order valence-electron chi connectivity index (χ1n) is 14.9. The van der Waals surface area contributed by atoms with E-state index in [0.29, 0.717) is 18.5 Å². The predicted octanol–water partition coefficient (Wildman–Crippen LogP) is 2.71. The van der Waals surface area contributed by atoms with Crippen molar-refractivity contribution in [1.82, 2.24) is 15.5 Å². The number of ketones is 2. The van der Waals surface area contributed by atoms with Crippen molar-refractivity contribution in [3.05, 3.63) is 58.5 Å². The van der Waals surface area contributed by atoms with Gasteiger partial charge in [-0.3, -0.25) is 14.4 Å². The van der Waals surface area contributed by atoms with Gasteiger partial charge in [0.05, 0.1) is 23.6 Å². The quantitative estimate of drug-likeness (QED) is 0.162. The van der Waals surface area contributed by atoms with Crippen molar-refractivity contribution < 1.29 is 33.7 Å². The second-order valence-corrected chi connectivity index (χ2v) is 11.8. The van der Waals surface area contributed by atoms with Gasteiger partial charge >= 0.3 is 0 Å². The molecule has 1 heterocycles. The largest absolute Gasteiger partial charge is 0.417 e. The third kappa shape index (κ3) is 10.3. The zero-order chi connectivity index (χ0) is 33.0. The van der Waals surface area contributed by atoms with E-state index in [2.05, 4.69) is 10.6 Å². The number of Topliss-reactive ketones (excluding diaryl/α,β-unsaturated/α-hetero) is 1. The zero-order valence-electron chi connectivity index (χ0n) is 27.2. The molecule has 3 N–H and O–H groups in total. The average Bonchev–Trinajstić information content (AvgIpc) is 2.97. The molecule has 2 rings (SSSR count). The van der Waals surface area contributed by atoms with Gasteiger partial charge in [-0.1, -0.05) is 38.2 Å². The monoisotopic (exact) mass is 612 g/mol. The predicted molar refractivity (Wildman–Crippen MR) is 167 cm³/mol. The summed E-state index contributed by atoms with van der Waals surface area (Å²) in [7, 11) is 6.92. The Morgan fingerprint density at radius 2 is 1.86 bits per heavy atom. The SMILES string of the molecule is CO[C@H]1/C=C\C=C(/C)C(=O)NC2=CC(=O)C(NCCCN(C)C)=C(C[C@@H](C)C[C@@H](OC)[C@@H](O)[C@H](C)/C=C(\C)C1OC#N)C2=O. The molecule has 0 aromatic carbocycles. The number of amides is 1. The minimum Gasteiger partial charge on any atom is -0.417 e. The third-order valence-electron chi connectivity index (χ3n) is 7.81. The van der Waals surface area contributed by atoms with Crippen molar-refractivity contribution in [2.75, 3.05) is 41.4 Å². The number of aliphatic hydroxyl groups is 1. The molecule has 0 fully saturated rings. The molecule has 2 aliphatic rings. The summed E-state index contributed by atoms with van der Waals surface area (Å²) in [5, 5.41) is 26.4. The lowest BCUT2D eigenvalue weighted by molar-refractivity contribution is -0.120. The number of nitriles is 1.